The van der Waals surface area contributed by atoms with Gasteiger partial charge in [-0.3, -0.25) is 4.79 Å². The largest absolute Gasteiger partial charge is 0.493 e. The van der Waals surface area contributed by atoms with Crippen molar-refractivity contribution < 1.29 is 14.3 Å². The van der Waals surface area contributed by atoms with Crippen LogP contribution in [-0.4, -0.2) is 19.6 Å². The number of hydrogen-bond acceptors (Lipinski definition) is 3. The zero-order chi connectivity index (χ0) is 16.8. The molecule has 0 aromatic heterocycles. The first-order valence-electron chi connectivity index (χ1n) is 7.12. The summed E-state index contributed by atoms with van der Waals surface area (Å²) in [6.45, 7) is 2.65. The van der Waals surface area contributed by atoms with Gasteiger partial charge in [-0.2, -0.15) is 0 Å². The van der Waals surface area contributed by atoms with Crippen LogP contribution in [0.3, 0.4) is 0 Å². The first kappa shape index (κ1) is 18.1. The number of nitrogens with one attached hydrogen (secondary N) is 1. The maximum Gasteiger partial charge on any atom is 0.255 e. The fraction of sp³-hybridized carbons (Fsp3) is 0.235. The zero-order valence-corrected chi connectivity index (χ0v) is 16.6. The monoisotopic (exact) mass is 489 g/mol. The lowest BCUT2D eigenvalue weighted by Crippen LogP contribution is -2.13. The average Bonchev–Trinajstić information content (AvgIpc) is 2.55. The number of methoxy groups -OCH3 is 1. The van der Waals surface area contributed by atoms with Gasteiger partial charge in [0.05, 0.1) is 17.3 Å². The molecule has 2 aromatic carbocycles. The van der Waals surface area contributed by atoms with E-state index < -0.39 is 0 Å². The van der Waals surface area contributed by atoms with Crippen LogP contribution >= 0.6 is 38.5 Å². The SMILES string of the molecule is CCCOc1c(I)cc(C(=O)Nc2ccc(Br)cc2)cc1OC. The third-order valence-corrected chi connectivity index (χ3v) is 4.37. The fourth-order valence-corrected chi connectivity index (χ4v) is 2.95. The number of rotatable bonds is 6. The molecular weight excluding hydrogens is 473 g/mol. The Bertz CT molecular complexity index is 689. The number of anilines is 1. The Hall–Kier alpha value is -1.28. The molecule has 0 heterocycles. The summed E-state index contributed by atoms with van der Waals surface area (Å²) in [6.07, 6.45) is 0.908. The van der Waals surface area contributed by atoms with Crippen LogP contribution in [0.25, 0.3) is 0 Å². The number of ether oxygens (including phenoxy) is 2. The van der Waals surface area contributed by atoms with Crippen LogP contribution in [0.4, 0.5) is 5.69 Å². The summed E-state index contributed by atoms with van der Waals surface area (Å²) in [6, 6.07) is 10.9. The van der Waals surface area contributed by atoms with Crippen LogP contribution in [0.2, 0.25) is 0 Å². The second-order valence-electron chi connectivity index (χ2n) is 4.80. The van der Waals surface area contributed by atoms with Crippen molar-refractivity contribution in [2.24, 2.45) is 0 Å². The van der Waals surface area contributed by atoms with Crippen molar-refractivity contribution in [1.29, 1.82) is 0 Å². The molecule has 0 aliphatic heterocycles. The van der Waals surface area contributed by atoms with Crippen LogP contribution in [0.1, 0.15) is 23.7 Å². The Morgan fingerprint density at radius 2 is 1.96 bits per heavy atom. The van der Waals surface area contributed by atoms with E-state index in [0.29, 0.717) is 23.7 Å². The maximum atomic E-state index is 12.4. The molecule has 4 nitrogen and oxygen atoms in total. The molecule has 23 heavy (non-hydrogen) atoms. The number of carbonyl (C=O) groups excluding carboxylic acids is 1. The summed E-state index contributed by atoms with van der Waals surface area (Å²) in [4.78, 5) is 12.4. The minimum Gasteiger partial charge on any atom is -0.493 e. The molecule has 1 amide bonds. The van der Waals surface area contributed by atoms with Gasteiger partial charge in [-0.15, -0.1) is 0 Å². The first-order chi connectivity index (χ1) is 11.0. The quantitative estimate of drug-likeness (QED) is 0.574. The van der Waals surface area contributed by atoms with E-state index >= 15 is 0 Å². The van der Waals surface area contributed by atoms with E-state index in [4.69, 9.17) is 9.47 Å². The lowest BCUT2D eigenvalue weighted by Gasteiger charge is -2.14. The van der Waals surface area contributed by atoms with Gasteiger partial charge in [0.1, 0.15) is 0 Å². The number of carbonyl (C=O) groups is 1. The molecule has 0 radical (unpaired) electrons. The van der Waals surface area contributed by atoms with E-state index in [9.17, 15) is 4.79 Å². The van der Waals surface area contributed by atoms with E-state index in [1.54, 1.807) is 19.2 Å². The molecule has 122 valence electrons. The number of benzene rings is 2. The van der Waals surface area contributed by atoms with Gasteiger partial charge in [-0.25, -0.2) is 0 Å². The Morgan fingerprint density at radius 3 is 2.57 bits per heavy atom. The van der Waals surface area contributed by atoms with Crippen molar-refractivity contribution in [3.8, 4) is 11.5 Å². The van der Waals surface area contributed by atoms with Crippen molar-refractivity contribution in [2.75, 3.05) is 19.0 Å². The van der Waals surface area contributed by atoms with Gasteiger partial charge in [0.2, 0.25) is 0 Å². The average molecular weight is 490 g/mol. The van der Waals surface area contributed by atoms with Crippen LogP contribution < -0.4 is 14.8 Å². The molecular formula is C17H17BrINO3. The van der Waals surface area contributed by atoms with Crippen LogP contribution in [0.5, 0.6) is 11.5 Å². The molecule has 0 unspecified atom stereocenters. The highest BCUT2D eigenvalue weighted by Gasteiger charge is 2.15. The fourth-order valence-electron chi connectivity index (χ4n) is 1.93. The predicted octanol–water partition coefficient (Wildman–Crippen LogP) is 5.10. The van der Waals surface area contributed by atoms with Crippen molar-refractivity contribution in [3.63, 3.8) is 0 Å². The molecule has 6 heteroatoms. The minimum absolute atomic E-state index is 0.189. The molecule has 0 aliphatic carbocycles. The second-order valence-corrected chi connectivity index (χ2v) is 6.88. The van der Waals surface area contributed by atoms with Gasteiger partial charge >= 0.3 is 0 Å². The summed E-state index contributed by atoms with van der Waals surface area (Å²) in [5.74, 6) is 1.05. The molecule has 0 bridgehead atoms. The van der Waals surface area contributed by atoms with Crippen LogP contribution in [0.15, 0.2) is 40.9 Å². The molecule has 0 atom stereocenters. The highest BCUT2D eigenvalue weighted by atomic mass is 127. The summed E-state index contributed by atoms with van der Waals surface area (Å²) < 4.78 is 12.9. The van der Waals surface area contributed by atoms with Crippen molar-refractivity contribution in [3.05, 3.63) is 50.0 Å². The molecule has 0 saturated heterocycles. The molecule has 2 aromatic rings. The van der Waals surface area contributed by atoms with E-state index in [2.05, 4.69) is 43.8 Å². The Balaban J connectivity index is 2.23. The Labute approximate surface area is 157 Å². The van der Waals surface area contributed by atoms with Crippen LogP contribution in [-0.2, 0) is 0 Å². The first-order valence-corrected chi connectivity index (χ1v) is 8.99. The standard InChI is InChI=1S/C17H17BrINO3/c1-3-8-23-16-14(19)9-11(10-15(16)22-2)17(21)20-13-6-4-12(18)5-7-13/h4-7,9-10H,3,8H2,1-2H3,(H,20,21). The predicted molar refractivity (Wildman–Crippen MR) is 104 cm³/mol. The van der Waals surface area contributed by atoms with Gasteiger partial charge in [0.25, 0.3) is 5.91 Å². The lowest BCUT2D eigenvalue weighted by atomic mass is 10.2. The third-order valence-electron chi connectivity index (χ3n) is 3.04. The molecule has 0 fully saturated rings. The second kappa shape index (κ2) is 8.54. The normalized spacial score (nSPS) is 10.3. The van der Waals surface area contributed by atoms with E-state index in [1.165, 1.54) is 0 Å². The smallest absolute Gasteiger partial charge is 0.255 e. The van der Waals surface area contributed by atoms with Gasteiger partial charge < -0.3 is 14.8 Å². The van der Waals surface area contributed by atoms with Crippen LogP contribution in [0, 0.1) is 3.57 Å². The van der Waals surface area contributed by atoms with Gasteiger partial charge in [0, 0.05) is 15.7 Å². The maximum absolute atomic E-state index is 12.4. The number of halogens is 2. The van der Waals surface area contributed by atoms with Crippen molar-refractivity contribution in [2.45, 2.75) is 13.3 Å². The van der Waals surface area contributed by atoms with E-state index in [-0.39, 0.29) is 5.91 Å². The highest BCUT2D eigenvalue weighted by Crippen LogP contribution is 2.34. The molecule has 0 saturated carbocycles. The zero-order valence-electron chi connectivity index (χ0n) is 12.9. The van der Waals surface area contributed by atoms with Gasteiger partial charge in [-0.1, -0.05) is 22.9 Å². The summed E-state index contributed by atoms with van der Waals surface area (Å²) >= 11 is 5.52. The molecule has 1 N–H and O–H groups in total. The minimum atomic E-state index is -0.189. The van der Waals surface area contributed by atoms with Gasteiger partial charge in [-0.05, 0) is 65.4 Å². The number of amides is 1. The van der Waals surface area contributed by atoms with E-state index in [1.807, 2.05) is 31.2 Å². The molecule has 0 spiro atoms. The van der Waals surface area contributed by atoms with Crippen molar-refractivity contribution in [1.82, 2.24) is 0 Å². The third kappa shape index (κ3) is 4.84. The Kier molecular flexibility index (Phi) is 6.71. The summed E-state index contributed by atoms with van der Waals surface area (Å²) in [5, 5.41) is 2.87. The lowest BCUT2D eigenvalue weighted by molar-refractivity contribution is 0.102. The van der Waals surface area contributed by atoms with E-state index in [0.717, 1.165) is 20.2 Å². The molecule has 2 rings (SSSR count). The summed E-state index contributed by atoms with van der Waals surface area (Å²) in [7, 11) is 1.57. The number of hydrogen-bond donors (Lipinski definition) is 1. The van der Waals surface area contributed by atoms with Gasteiger partial charge in [0.15, 0.2) is 11.5 Å². The summed E-state index contributed by atoms with van der Waals surface area (Å²) in [5.41, 5.74) is 1.26. The molecule has 0 aliphatic rings. The van der Waals surface area contributed by atoms with Crippen molar-refractivity contribution >= 4 is 50.1 Å². The Morgan fingerprint density at radius 1 is 1.26 bits per heavy atom. The highest BCUT2D eigenvalue weighted by molar-refractivity contribution is 14.1. The topological polar surface area (TPSA) is 47.6 Å².